The molecule has 8 nitrogen and oxygen atoms in total. The summed E-state index contributed by atoms with van der Waals surface area (Å²) in [5, 5.41) is 11.1. The normalized spacial score (nSPS) is 16.0. The molecule has 2 aliphatic rings. The van der Waals surface area contributed by atoms with Gasteiger partial charge in [-0.05, 0) is 29.3 Å². The molecule has 2 aliphatic heterocycles. The van der Waals surface area contributed by atoms with E-state index in [9.17, 15) is 10.1 Å². The monoisotopic (exact) mass is 564 g/mol. The van der Waals surface area contributed by atoms with E-state index in [0.717, 1.165) is 76.8 Å². The lowest BCUT2D eigenvalue weighted by molar-refractivity contribution is -0.384. The third kappa shape index (κ3) is 7.87. The van der Waals surface area contributed by atoms with Gasteiger partial charge in [-0.15, -0.1) is 0 Å². The van der Waals surface area contributed by atoms with E-state index in [4.69, 9.17) is 5.73 Å². The Balaban J connectivity index is 0.000000169. The minimum Gasteiger partial charge on any atom is -0.397 e. The molecule has 4 aromatic carbocycles. The summed E-state index contributed by atoms with van der Waals surface area (Å²) in [6.07, 6.45) is 0. The van der Waals surface area contributed by atoms with E-state index in [0.29, 0.717) is 0 Å². The van der Waals surface area contributed by atoms with Crippen LogP contribution in [-0.4, -0.2) is 67.1 Å². The van der Waals surface area contributed by atoms with Crippen LogP contribution in [-0.2, 0) is 13.1 Å². The first-order valence-corrected chi connectivity index (χ1v) is 14.7. The molecule has 2 N–H and O–H groups in total. The Labute approximate surface area is 248 Å². The van der Waals surface area contributed by atoms with Crippen molar-refractivity contribution < 1.29 is 4.92 Å². The Bertz CT molecular complexity index is 1400. The number of nitrogens with zero attached hydrogens (tertiary/aromatic N) is 5. The highest BCUT2D eigenvalue weighted by Gasteiger charge is 2.23. The standard InChI is InChI=1S/C17H19N3O2.C17H21N3/c21-20(22)17-9-5-4-8-16(17)19-12-10-18(11-13-19)14-15-6-2-1-3-7-15;18-16-8-4-5-9-17(16)20-12-10-19(11-13-20)14-15-6-2-1-3-7-15/h1-9H,10-14H2;1-9H,10-14,18H2. The van der Waals surface area contributed by atoms with E-state index < -0.39 is 0 Å². The van der Waals surface area contributed by atoms with Gasteiger partial charge in [-0.25, -0.2) is 0 Å². The van der Waals surface area contributed by atoms with Gasteiger partial charge in [0.1, 0.15) is 5.69 Å². The summed E-state index contributed by atoms with van der Waals surface area (Å²) < 4.78 is 0. The fraction of sp³-hybridized carbons (Fsp3) is 0.294. The fourth-order valence-electron chi connectivity index (χ4n) is 5.64. The first kappa shape index (κ1) is 29.1. The second-order valence-electron chi connectivity index (χ2n) is 10.8. The number of para-hydroxylation sites is 4. The van der Waals surface area contributed by atoms with Crippen molar-refractivity contribution in [2.45, 2.75) is 13.1 Å². The van der Waals surface area contributed by atoms with Crippen LogP contribution in [0.25, 0.3) is 0 Å². The van der Waals surface area contributed by atoms with Gasteiger partial charge in [-0.3, -0.25) is 19.9 Å². The highest BCUT2D eigenvalue weighted by Crippen LogP contribution is 2.28. The van der Waals surface area contributed by atoms with Gasteiger partial charge < -0.3 is 15.5 Å². The number of nitrogens with two attached hydrogens (primary N) is 1. The molecule has 0 bridgehead atoms. The van der Waals surface area contributed by atoms with Gasteiger partial charge in [0, 0.05) is 71.5 Å². The molecular formula is C34H40N6O2. The third-order valence-corrected chi connectivity index (χ3v) is 7.94. The Morgan fingerprint density at radius 2 is 0.952 bits per heavy atom. The number of nitro benzene ring substituents is 1. The van der Waals surface area contributed by atoms with Crippen LogP contribution in [0.5, 0.6) is 0 Å². The lowest BCUT2D eigenvalue weighted by Gasteiger charge is -2.36. The zero-order valence-electron chi connectivity index (χ0n) is 24.1. The number of rotatable bonds is 7. The lowest BCUT2D eigenvalue weighted by Crippen LogP contribution is -2.46. The summed E-state index contributed by atoms with van der Waals surface area (Å²) in [6.45, 7) is 9.70. The second kappa shape index (κ2) is 14.5. The molecule has 0 radical (unpaired) electrons. The van der Waals surface area contributed by atoms with Crippen molar-refractivity contribution in [2.75, 3.05) is 67.9 Å². The average Bonchev–Trinajstić information content (AvgIpc) is 3.03. The SMILES string of the molecule is Nc1ccccc1N1CCN(Cc2ccccc2)CC1.O=[N+]([O-])c1ccccc1N1CCN(Cc2ccccc2)CC1. The van der Waals surface area contributed by atoms with Crippen LogP contribution >= 0.6 is 0 Å². The number of benzene rings is 4. The minimum atomic E-state index is -0.300. The molecule has 42 heavy (non-hydrogen) atoms. The van der Waals surface area contributed by atoms with Crippen molar-refractivity contribution in [3.63, 3.8) is 0 Å². The van der Waals surface area contributed by atoms with Crippen LogP contribution in [0.2, 0.25) is 0 Å². The van der Waals surface area contributed by atoms with Crippen molar-refractivity contribution >= 4 is 22.7 Å². The van der Waals surface area contributed by atoms with Gasteiger partial charge in [-0.1, -0.05) is 84.9 Å². The van der Waals surface area contributed by atoms with Crippen molar-refractivity contribution in [2.24, 2.45) is 0 Å². The zero-order chi connectivity index (χ0) is 29.1. The topological polar surface area (TPSA) is 82.1 Å². The summed E-state index contributed by atoms with van der Waals surface area (Å²) in [7, 11) is 0. The molecule has 0 amide bonds. The molecule has 218 valence electrons. The average molecular weight is 565 g/mol. The summed E-state index contributed by atoms with van der Waals surface area (Å²) >= 11 is 0. The maximum atomic E-state index is 11.1. The second-order valence-corrected chi connectivity index (χ2v) is 10.8. The fourth-order valence-corrected chi connectivity index (χ4v) is 5.64. The van der Waals surface area contributed by atoms with Crippen LogP contribution in [0.3, 0.4) is 0 Å². The first-order valence-electron chi connectivity index (χ1n) is 14.7. The molecule has 0 unspecified atom stereocenters. The summed E-state index contributed by atoms with van der Waals surface area (Å²) in [5.74, 6) is 0. The van der Waals surface area contributed by atoms with Gasteiger partial charge in [0.15, 0.2) is 0 Å². The van der Waals surface area contributed by atoms with Crippen LogP contribution in [0.1, 0.15) is 11.1 Å². The predicted molar refractivity (Wildman–Crippen MR) is 172 cm³/mol. The molecule has 6 rings (SSSR count). The molecule has 2 saturated heterocycles. The summed E-state index contributed by atoms with van der Waals surface area (Å²) in [4.78, 5) is 20.2. The Kier molecular flexibility index (Phi) is 10.0. The number of anilines is 3. The molecule has 0 spiro atoms. The van der Waals surface area contributed by atoms with Crippen LogP contribution in [0.15, 0.2) is 109 Å². The van der Waals surface area contributed by atoms with E-state index in [2.05, 4.69) is 86.3 Å². The van der Waals surface area contributed by atoms with E-state index in [1.807, 2.05) is 30.3 Å². The van der Waals surface area contributed by atoms with Crippen molar-refractivity contribution in [1.29, 1.82) is 0 Å². The molecule has 2 fully saturated rings. The molecule has 4 aromatic rings. The van der Waals surface area contributed by atoms with Gasteiger partial charge >= 0.3 is 0 Å². The van der Waals surface area contributed by atoms with E-state index >= 15 is 0 Å². The van der Waals surface area contributed by atoms with E-state index in [1.165, 1.54) is 16.8 Å². The molecule has 0 atom stereocenters. The van der Waals surface area contributed by atoms with Gasteiger partial charge in [0.05, 0.1) is 16.3 Å². The van der Waals surface area contributed by atoms with Gasteiger partial charge in [0.2, 0.25) is 0 Å². The van der Waals surface area contributed by atoms with Crippen LogP contribution in [0.4, 0.5) is 22.7 Å². The molecular weight excluding hydrogens is 524 g/mol. The smallest absolute Gasteiger partial charge is 0.292 e. The van der Waals surface area contributed by atoms with Crippen molar-refractivity contribution in [3.05, 3.63) is 130 Å². The van der Waals surface area contributed by atoms with Gasteiger partial charge in [-0.2, -0.15) is 0 Å². The van der Waals surface area contributed by atoms with Gasteiger partial charge in [0.25, 0.3) is 5.69 Å². The highest BCUT2D eigenvalue weighted by molar-refractivity contribution is 5.67. The zero-order valence-corrected chi connectivity index (χ0v) is 24.1. The Morgan fingerprint density at radius 1 is 0.548 bits per heavy atom. The summed E-state index contributed by atoms with van der Waals surface area (Å²) in [6, 6.07) is 36.2. The molecule has 8 heteroatoms. The molecule has 0 aliphatic carbocycles. The number of nitrogen functional groups attached to an aromatic ring is 1. The largest absolute Gasteiger partial charge is 0.397 e. The lowest BCUT2D eigenvalue weighted by atomic mass is 10.2. The molecule has 0 aromatic heterocycles. The first-order chi connectivity index (χ1) is 20.6. The number of hydrogen-bond acceptors (Lipinski definition) is 7. The number of hydrogen-bond donors (Lipinski definition) is 1. The Hall–Kier alpha value is -4.40. The Morgan fingerprint density at radius 3 is 1.43 bits per heavy atom. The highest BCUT2D eigenvalue weighted by atomic mass is 16.6. The van der Waals surface area contributed by atoms with Crippen LogP contribution < -0.4 is 15.5 Å². The van der Waals surface area contributed by atoms with Crippen molar-refractivity contribution in [1.82, 2.24) is 9.80 Å². The minimum absolute atomic E-state index is 0.194. The molecule has 2 heterocycles. The third-order valence-electron chi connectivity index (χ3n) is 7.94. The van der Waals surface area contributed by atoms with Crippen LogP contribution in [0, 0.1) is 10.1 Å². The predicted octanol–water partition coefficient (Wildman–Crippen LogP) is 5.51. The van der Waals surface area contributed by atoms with Crippen molar-refractivity contribution in [3.8, 4) is 0 Å². The number of nitro groups is 1. The molecule has 0 saturated carbocycles. The maximum absolute atomic E-state index is 11.1. The van der Waals surface area contributed by atoms with E-state index in [-0.39, 0.29) is 10.6 Å². The number of piperazine rings is 2. The van der Waals surface area contributed by atoms with E-state index in [1.54, 1.807) is 12.1 Å². The summed E-state index contributed by atoms with van der Waals surface area (Å²) in [5.41, 5.74) is 11.7. The quantitative estimate of drug-likeness (QED) is 0.180. The maximum Gasteiger partial charge on any atom is 0.292 e.